The molecule has 2 heterocycles. The minimum absolute atomic E-state index is 0.0652. The fourth-order valence-electron chi connectivity index (χ4n) is 2.00. The van der Waals surface area contributed by atoms with Crippen LogP contribution in [0.15, 0.2) is 29.3 Å². The maximum atomic E-state index is 11.7. The van der Waals surface area contributed by atoms with E-state index in [4.69, 9.17) is 0 Å². The van der Waals surface area contributed by atoms with E-state index in [-0.39, 0.29) is 5.91 Å². The molecule has 98 valence electrons. The number of hydrogen-bond donors (Lipinski definition) is 3. The molecule has 1 aromatic rings. The van der Waals surface area contributed by atoms with E-state index in [1.54, 1.807) is 4.90 Å². The number of carbonyl (C=O) groups excluding carboxylic acids is 1. The first-order chi connectivity index (χ1) is 8.66. The highest BCUT2D eigenvalue weighted by Gasteiger charge is 2.17. The highest BCUT2D eigenvalue weighted by Crippen LogP contribution is 2.07. The lowest BCUT2D eigenvalue weighted by Gasteiger charge is -2.27. The second kappa shape index (κ2) is 6.02. The van der Waals surface area contributed by atoms with Gasteiger partial charge >= 0.3 is 0 Å². The van der Waals surface area contributed by atoms with Crippen LogP contribution in [0.1, 0.15) is 29.9 Å². The molecule has 0 spiro atoms. The summed E-state index contributed by atoms with van der Waals surface area (Å²) in [6, 6.07) is 4.36. The molecular formula is C13H20N3OS+. The summed E-state index contributed by atoms with van der Waals surface area (Å²) in [6.45, 7) is 6.61. The monoisotopic (exact) mass is 266 g/mol. The van der Waals surface area contributed by atoms with Crippen LogP contribution in [-0.4, -0.2) is 25.0 Å². The minimum atomic E-state index is -0.0652. The van der Waals surface area contributed by atoms with Crippen molar-refractivity contribution in [2.75, 3.05) is 13.1 Å². The molecule has 1 aliphatic heterocycles. The van der Waals surface area contributed by atoms with Gasteiger partial charge < -0.3 is 10.3 Å². The lowest BCUT2D eigenvalue weighted by molar-refractivity contribution is -0.917. The molecule has 3 N–H and O–H groups in total. The molecule has 2 rings (SSSR count). The first kappa shape index (κ1) is 13.1. The average Bonchev–Trinajstić information content (AvgIpc) is 2.90. The second-order valence-corrected chi connectivity index (χ2v) is 5.75. The van der Waals surface area contributed by atoms with E-state index in [1.807, 2.05) is 17.5 Å². The molecule has 1 aromatic heterocycles. The maximum Gasteiger partial charge on any atom is 0.279 e. The van der Waals surface area contributed by atoms with E-state index in [0.29, 0.717) is 6.04 Å². The van der Waals surface area contributed by atoms with Crippen molar-refractivity contribution >= 4 is 17.2 Å². The molecule has 0 radical (unpaired) electrons. The summed E-state index contributed by atoms with van der Waals surface area (Å²) in [5.41, 5.74) is 6.88. The Labute approximate surface area is 112 Å². The third-order valence-corrected chi connectivity index (χ3v) is 4.09. The molecule has 0 saturated heterocycles. The van der Waals surface area contributed by atoms with Gasteiger partial charge in [0.1, 0.15) is 0 Å². The standard InChI is InChI=1S/C13H19N3OS/c1-10(2)16-7-5-11(6-8-16)14-15-13(17)12-4-3-9-18-12/h3-5,9-10,14H,6-8H2,1-2H3,(H,15,17)/p+1. The van der Waals surface area contributed by atoms with Crippen LogP contribution >= 0.6 is 11.3 Å². The highest BCUT2D eigenvalue weighted by atomic mass is 32.1. The first-order valence-corrected chi connectivity index (χ1v) is 7.18. The second-order valence-electron chi connectivity index (χ2n) is 4.80. The zero-order chi connectivity index (χ0) is 13.0. The molecule has 0 bridgehead atoms. The van der Waals surface area contributed by atoms with Crippen molar-refractivity contribution in [3.8, 4) is 0 Å². The summed E-state index contributed by atoms with van der Waals surface area (Å²) >= 11 is 1.45. The zero-order valence-electron chi connectivity index (χ0n) is 10.8. The van der Waals surface area contributed by atoms with Crippen LogP contribution in [-0.2, 0) is 0 Å². The highest BCUT2D eigenvalue weighted by molar-refractivity contribution is 7.12. The van der Waals surface area contributed by atoms with Crippen LogP contribution in [0.4, 0.5) is 0 Å². The van der Waals surface area contributed by atoms with Crippen LogP contribution in [0.2, 0.25) is 0 Å². The Morgan fingerprint density at radius 2 is 2.33 bits per heavy atom. The predicted molar refractivity (Wildman–Crippen MR) is 73.5 cm³/mol. The number of thiophene rings is 1. The van der Waals surface area contributed by atoms with E-state index < -0.39 is 0 Å². The van der Waals surface area contributed by atoms with Gasteiger partial charge in [-0.1, -0.05) is 6.07 Å². The molecule has 0 fully saturated rings. The largest absolute Gasteiger partial charge is 0.329 e. The lowest BCUT2D eigenvalue weighted by Crippen LogP contribution is -3.15. The van der Waals surface area contributed by atoms with E-state index in [0.717, 1.165) is 30.1 Å². The Hall–Kier alpha value is -1.33. The summed E-state index contributed by atoms with van der Waals surface area (Å²) in [5.74, 6) is -0.0652. The predicted octanol–water partition coefficient (Wildman–Crippen LogP) is 0.563. The SMILES string of the molecule is CC(C)[NH+]1CC=C(NNC(=O)c2cccs2)CC1. The molecule has 5 heteroatoms. The van der Waals surface area contributed by atoms with Gasteiger partial charge in [0.2, 0.25) is 0 Å². The molecule has 4 nitrogen and oxygen atoms in total. The molecule has 1 aliphatic rings. The van der Waals surface area contributed by atoms with Crippen molar-refractivity contribution in [2.24, 2.45) is 0 Å². The van der Waals surface area contributed by atoms with E-state index in [9.17, 15) is 4.79 Å². The smallest absolute Gasteiger partial charge is 0.279 e. The summed E-state index contributed by atoms with van der Waals surface area (Å²) < 4.78 is 0. The van der Waals surface area contributed by atoms with Gasteiger partial charge in [-0.2, -0.15) is 0 Å². The number of carbonyl (C=O) groups is 1. The number of hydrazine groups is 1. The van der Waals surface area contributed by atoms with Crippen LogP contribution in [0.5, 0.6) is 0 Å². The van der Waals surface area contributed by atoms with Crippen LogP contribution in [0.25, 0.3) is 0 Å². The molecule has 1 unspecified atom stereocenters. The van der Waals surface area contributed by atoms with Crippen LogP contribution < -0.4 is 15.8 Å². The number of rotatable bonds is 4. The quantitative estimate of drug-likeness (QED) is 0.698. The Bertz CT molecular complexity index is 425. The number of quaternary nitrogens is 1. The van der Waals surface area contributed by atoms with E-state index in [2.05, 4.69) is 30.8 Å². The van der Waals surface area contributed by atoms with Crippen molar-refractivity contribution in [1.82, 2.24) is 10.9 Å². The van der Waals surface area contributed by atoms with Crippen molar-refractivity contribution in [1.29, 1.82) is 0 Å². The van der Waals surface area contributed by atoms with Crippen molar-refractivity contribution in [2.45, 2.75) is 26.3 Å². The van der Waals surface area contributed by atoms with Crippen molar-refractivity contribution < 1.29 is 9.69 Å². The van der Waals surface area contributed by atoms with Gasteiger partial charge in [-0.3, -0.25) is 10.2 Å². The normalized spacial score (nSPS) is 19.5. The molecule has 1 amide bonds. The Kier molecular flexibility index (Phi) is 4.38. The van der Waals surface area contributed by atoms with Gasteiger partial charge in [0.25, 0.3) is 5.91 Å². The third kappa shape index (κ3) is 3.34. The fourth-order valence-corrected chi connectivity index (χ4v) is 2.62. The summed E-state index contributed by atoms with van der Waals surface area (Å²) in [5, 5.41) is 1.90. The summed E-state index contributed by atoms with van der Waals surface area (Å²) in [6.07, 6.45) is 3.16. The number of amides is 1. The number of hydrogen-bond acceptors (Lipinski definition) is 3. The van der Waals surface area contributed by atoms with Crippen LogP contribution in [0.3, 0.4) is 0 Å². The summed E-state index contributed by atoms with van der Waals surface area (Å²) in [7, 11) is 0. The van der Waals surface area contributed by atoms with Gasteiger partial charge in [0.05, 0.1) is 24.0 Å². The van der Waals surface area contributed by atoms with Crippen molar-refractivity contribution in [3.63, 3.8) is 0 Å². The van der Waals surface area contributed by atoms with Gasteiger partial charge in [0, 0.05) is 12.1 Å². The Balaban J connectivity index is 1.80. The molecule has 0 saturated carbocycles. The topological polar surface area (TPSA) is 45.6 Å². The Morgan fingerprint density at radius 1 is 1.50 bits per heavy atom. The average molecular weight is 266 g/mol. The van der Waals surface area contributed by atoms with E-state index in [1.165, 1.54) is 11.3 Å². The van der Waals surface area contributed by atoms with E-state index >= 15 is 0 Å². The molecule has 18 heavy (non-hydrogen) atoms. The zero-order valence-corrected chi connectivity index (χ0v) is 11.6. The third-order valence-electron chi connectivity index (χ3n) is 3.22. The minimum Gasteiger partial charge on any atom is -0.329 e. The molecule has 0 aromatic carbocycles. The van der Waals surface area contributed by atoms with Crippen molar-refractivity contribution in [3.05, 3.63) is 34.2 Å². The van der Waals surface area contributed by atoms with Gasteiger partial charge in [0.15, 0.2) is 0 Å². The fraction of sp³-hybridized carbons (Fsp3) is 0.462. The van der Waals surface area contributed by atoms with Crippen LogP contribution in [0, 0.1) is 0 Å². The Morgan fingerprint density at radius 3 is 2.89 bits per heavy atom. The first-order valence-electron chi connectivity index (χ1n) is 6.30. The molecule has 1 atom stereocenters. The van der Waals surface area contributed by atoms with Gasteiger partial charge in [-0.05, 0) is 31.4 Å². The maximum absolute atomic E-state index is 11.7. The lowest BCUT2D eigenvalue weighted by atomic mass is 10.2. The summed E-state index contributed by atoms with van der Waals surface area (Å²) in [4.78, 5) is 14.0. The molecule has 0 aliphatic carbocycles. The molecular weight excluding hydrogens is 246 g/mol. The van der Waals surface area contributed by atoms with Gasteiger partial charge in [-0.25, -0.2) is 0 Å². The number of nitrogens with one attached hydrogen (secondary N) is 3. The van der Waals surface area contributed by atoms with Gasteiger partial charge in [-0.15, -0.1) is 11.3 Å².